The van der Waals surface area contributed by atoms with E-state index in [1.807, 2.05) is 0 Å². The Balaban J connectivity index is 1.25. The molecule has 13 heteroatoms. The van der Waals surface area contributed by atoms with Crippen molar-refractivity contribution in [3.05, 3.63) is 59.1 Å². The molecule has 2 aliphatic heterocycles. The molecular weight excluding hydrogens is 554 g/mol. The van der Waals surface area contributed by atoms with E-state index in [0.717, 1.165) is 12.1 Å². The summed E-state index contributed by atoms with van der Waals surface area (Å²) in [5.41, 5.74) is 2.38. The number of aromatic nitrogens is 3. The minimum atomic E-state index is -2.73. The van der Waals surface area contributed by atoms with Crippen molar-refractivity contribution < 1.29 is 32.3 Å². The van der Waals surface area contributed by atoms with E-state index in [4.69, 9.17) is 25.8 Å². The lowest BCUT2D eigenvalue weighted by Crippen LogP contribution is -2.34. The molecule has 0 amide bonds. The molecule has 2 aromatic carbocycles. The van der Waals surface area contributed by atoms with Crippen LogP contribution < -0.4 is 4.74 Å². The lowest BCUT2D eigenvalue weighted by Gasteiger charge is -2.15. The van der Waals surface area contributed by atoms with Crippen molar-refractivity contribution in [2.45, 2.75) is 24.4 Å². The molecule has 0 aliphatic carbocycles. The number of imidazole rings is 1. The van der Waals surface area contributed by atoms with Crippen molar-refractivity contribution in [1.29, 1.82) is 0 Å². The van der Waals surface area contributed by atoms with Gasteiger partial charge in [-0.15, -0.1) is 0 Å². The summed E-state index contributed by atoms with van der Waals surface area (Å²) in [5.74, 6) is -1.79. The average Bonchev–Trinajstić information content (AvgIpc) is 3.57. The summed E-state index contributed by atoms with van der Waals surface area (Å²) in [6.45, 7) is 0.457. The maximum absolute atomic E-state index is 14.6. The summed E-state index contributed by atoms with van der Waals surface area (Å²) >= 11 is 6.52. The normalized spacial score (nSPS) is 22.8. The smallest absolute Gasteiger partial charge is 0.296 e. The minimum Gasteiger partial charge on any atom is -0.456 e. The van der Waals surface area contributed by atoms with E-state index in [0.29, 0.717) is 38.6 Å². The second-order valence-corrected chi connectivity index (χ2v) is 12.6. The molecular formula is C26H23ClF2N4O5S. The lowest BCUT2D eigenvalue weighted by atomic mass is 10.0. The predicted molar refractivity (Wildman–Crippen MR) is 142 cm³/mol. The summed E-state index contributed by atoms with van der Waals surface area (Å²) in [4.78, 5) is 12.0. The first-order valence-electron chi connectivity index (χ1n) is 12.0. The number of hydrogen-bond donors (Lipinski definition) is 2. The molecule has 9 nitrogen and oxygen atoms in total. The average molecular weight is 577 g/mol. The van der Waals surface area contributed by atoms with Gasteiger partial charge in [-0.05, 0) is 29.3 Å². The lowest BCUT2D eigenvalue weighted by molar-refractivity contribution is 0.00706. The van der Waals surface area contributed by atoms with Gasteiger partial charge in [-0.1, -0.05) is 35.9 Å². The molecule has 6 rings (SSSR count). The van der Waals surface area contributed by atoms with Crippen LogP contribution in [0.15, 0.2) is 46.8 Å². The quantitative estimate of drug-likeness (QED) is 0.359. The Morgan fingerprint density at radius 1 is 1.03 bits per heavy atom. The van der Waals surface area contributed by atoms with E-state index in [1.54, 1.807) is 30.3 Å². The van der Waals surface area contributed by atoms with Gasteiger partial charge in [0.05, 0.1) is 29.4 Å². The van der Waals surface area contributed by atoms with Crippen LogP contribution in [0.2, 0.25) is 5.02 Å². The highest BCUT2D eigenvalue weighted by Crippen LogP contribution is 2.34. The van der Waals surface area contributed by atoms with Crippen molar-refractivity contribution in [1.82, 2.24) is 15.0 Å². The fourth-order valence-electron chi connectivity index (χ4n) is 4.70. The third-order valence-corrected chi connectivity index (χ3v) is 7.38. The van der Waals surface area contributed by atoms with Crippen LogP contribution in [0.3, 0.4) is 0 Å². The Morgan fingerprint density at radius 3 is 2.38 bits per heavy atom. The summed E-state index contributed by atoms with van der Waals surface area (Å²) in [7, 11) is -2.73. The Hall–Kier alpha value is -3.16. The fraction of sp³-hybridized carbons (Fsp3) is 0.308. The van der Waals surface area contributed by atoms with Crippen LogP contribution in [0, 0.1) is 11.6 Å². The molecule has 204 valence electrons. The SMILES string of the molecule is CS(C)(=O)=Nc1c(F)cc(-c2ccc(-c3nc4nc(O[C@@H]5CO[C@H]6[C@@H]5OC[C@H]6O)[nH]c4cc3Cl)cc2)cc1F. The molecule has 2 saturated heterocycles. The summed E-state index contributed by atoms with van der Waals surface area (Å²) in [6, 6.07) is 11.1. The number of ether oxygens (including phenoxy) is 3. The number of aliphatic hydroxyl groups is 1. The third kappa shape index (κ3) is 5.10. The number of nitrogens with one attached hydrogen (secondary N) is 1. The number of rotatable bonds is 5. The summed E-state index contributed by atoms with van der Waals surface area (Å²) < 4.78 is 61.8. The Morgan fingerprint density at radius 2 is 1.69 bits per heavy atom. The molecule has 4 atom stereocenters. The monoisotopic (exact) mass is 576 g/mol. The highest BCUT2D eigenvalue weighted by molar-refractivity contribution is 7.92. The Bertz CT molecular complexity index is 1680. The number of fused-ring (bicyclic) bond motifs is 2. The maximum atomic E-state index is 14.6. The predicted octanol–water partition coefficient (Wildman–Crippen LogP) is 4.49. The molecule has 0 spiro atoms. The zero-order valence-electron chi connectivity index (χ0n) is 20.7. The molecule has 2 N–H and O–H groups in total. The Kier molecular flexibility index (Phi) is 6.55. The zero-order chi connectivity index (χ0) is 27.5. The van der Waals surface area contributed by atoms with Crippen molar-refractivity contribution >= 4 is 38.2 Å². The Labute approximate surface area is 227 Å². The van der Waals surface area contributed by atoms with Crippen LogP contribution in [0.5, 0.6) is 6.01 Å². The molecule has 39 heavy (non-hydrogen) atoms. The van der Waals surface area contributed by atoms with Crippen LogP contribution in [-0.2, 0) is 19.2 Å². The van der Waals surface area contributed by atoms with Gasteiger partial charge in [-0.25, -0.2) is 18.0 Å². The van der Waals surface area contributed by atoms with Gasteiger partial charge in [0.25, 0.3) is 6.01 Å². The van der Waals surface area contributed by atoms with Crippen LogP contribution in [-0.4, -0.2) is 74.4 Å². The van der Waals surface area contributed by atoms with Crippen molar-refractivity contribution in [3.8, 4) is 28.4 Å². The second kappa shape index (κ2) is 9.79. The van der Waals surface area contributed by atoms with Gasteiger partial charge < -0.3 is 24.3 Å². The first-order valence-corrected chi connectivity index (χ1v) is 14.7. The van der Waals surface area contributed by atoms with Gasteiger partial charge in [0.1, 0.15) is 24.0 Å². The van der Waals surface area contributed by atoms with Gasteiger partial charge in [-0.2, -0.15) is 9.35 Å². The van der Waals surface area contributed by atoms with Gasteiger partial charge in [0, 0.05) is 27.8 Å². The molecule has 0 saturated carbocycles. The van der Waals surface area contributed by atoms with Crippen molar-refractivity contribution in [3.63, 3.8) is 0 Å². The number of H-pyrrole nitrogens is 1. The van der Waals surface area contributed by atoms with E-state index < -0.39 is 45.4 Å². The van der Waals surface area contributed by atoms with Gasteiger partial charge >= 0.3 is 0 Å². The van der Waals surface area contributed by atoms with E-state index >= 15 is 0 Å². The molecule has 4 aromatic rings. The van der Waals surface area contributed by atoms with E-state index in [-0.39, 0.29) is 25.3 Å². The number of aliphatic hydroxyl groups excluding tert-OH is 1. The topological polar surface area (TPSA) is 119 Å². The fourth-order valence-corrected chi connectivity index (χ4v) is 5.58. The number of pyridine rings is 1. The van der Waals surface area contributed by atoms with Crippen LogP contribution >= 0.6 is 11.6 Å². The first kappa shape index (κ1) is 26.1. The molecule has 0 radical (unpaired) electrons. The minimum absolute atomic E-state index is 0.195. The molecule has 2 fully saturated rings. The summed E-state index contributed by atoms with van der Waals surface area (Å²) in [5, 5.41) is 10.3. The van der Waals surface area contributed by atoms with E-state index in [9.17, 15) is 18.1 Å². The summed E-state index contributed by atoms with van der Waals surface area (Å²) in [6.07, 6.45) is 0.697. The first-order chi connectivity index (χ1) is 18.6. The van der Waals surface area contributed by atoms with E-state index in [1.165, 1.54) is 12.5 Å². The largest absolute Gasteiger partial charge is 0.456 e. The number of halogens is 3. The number of benzene rings is 2. The van der Waals surface area contributed by atoms with Crippen LogP contribution in [0.25, 0.3) is 33.5 Å². The molecule has 0 unspecified atom stereocenters. The van der Waals surface area contributed by atoms with E-state index in [2.05, 4.69) is 19.3 Å². The highest BCUT2D eigenvalue weighted by Gasteiger charge is 2.48. The molecule has 4 heterocycles. The maximum Gasteiger partial charge on any atom is 0.296 e. The van der Waals surface area contributed by atoms with Crippen molar-refractivity contribution in [2.24, 2.45) is 4.36 Å². The third-order valence-electron chi connectivity index (χ3n) is 6.47. The highest BCUT2D eigenvalue weighted by atomic mass is 35.5. The molecule has 2 aromatic heterocycles. The molecule has 0 bridgehead atoms. The van der Waals surface area contributed by atoms with Crippen molar-refractivity contribution in [2.75, 3.05) is 25.7 Å². The standard InChI is InChI=1S/C26H23ClF2N4O5S/c1-39(2,35)33-22-16(28)7-14(8-17(22)29)12-3-5-13(6-4-12)21-15(27)9-18-25(31-21)32-26(30-18)38-20-11-37-23-19(34)10-36-24(20)23/h3-9,19-20,23-24,34H,10-11H2,1-2H3,(H,30,31,32)/t19-,20-,23-,24-/m1/s1. The van der Waals surface area contributed by atoms with Crippen LogP contribution in [0.1, 0.15) is 0 Å². The second-order valence-electron chi connectivity index (χ2n) is 9.69. The molecule has 2 aliphatic rings. The van der Waals surface area contributed by atoms with Gasteiger partial charge in [0.15, 0.2) is 23.4 Å². The number of hydrogen-bond acceptors (Lipinski definition) is 8. The number of nitrogens with zero attached hydrogens (tertiary/aromatic N) is 3. The zero-order valence-corrected chi connectivity index (χ0v) is 22.3. The van der Waals surface area contributed by atoms with Gasteiger partial charge in [0.2, 0.25) is 0 Å². The van der Waals surface area contributed by atoms with Gasteiger partial charge in [-0.3, -0.25) is 0 Å². The van der Waals surface area contributed by atoms with Crippen LogP contribution in [0.4, 0.5) is 14.5 Å². The number of aromatic amines is 1.